The molecule has 0 heterocycles. The summed E-state index contributed by atoms with van der Waals surface area (Å²) in [4.78, 5) is 0. The molecule has 19 heavy (non-hydrogen) atoms. The number of nitrogens with one attached hydrogen (secondary N) is 1. The van der Waals surface area contributed by atoms with Crippen LogP contribution in [-0.4, -0.2) is 30.4 Å². The summed E-state index contributed by atoms with van der Waals surface area (Å²) < 4.78 is 5.78. The molecular formula is C16H27NO2. The zero-order valence-electron chi connectivity index (χ0n) is 12.7. The van der Waals surface area contributed by atoms with Crippen LogP contribution in [0.2, 0.25) is 0 Å². The Hall–Kier alpha value is -1.06. The van der Waals surface area contributed by atoms with Crippen LogP contribution in [0.4, 0.5) is 0 Å². The molecule has 3 nitrogen and oxygen atoms in total. The van der Waals surface area contributed by atoms with Gasteiger partial charge in [-0.15, -0.1) is 0 Å². The second kappa shape index (κ2) is 7.51. The third-order valence-electron chi connectivity index (χ3n) is 2.98. The van der Waals surface area contributed by atoms with E-state index >= 15 is 0 Å². The lowest BCUT2D eigenvalue weighted by atomic mass is 10.0. The topological polar surface area (TPSA) is 41.5 Å². The molecule has 0 bridgehead atoms. The number of rotatable bonds is 7. The second-order valence-corrected chi connectivity index (χ2v) is 5.72. The molecule has 0 aliphatic carbocycles. The van der Waals surface area contributed by atoms with Crippen molar-refractivity contribution in [1.29, 1.82) is 0 Å². The van der Waals surface area contributed by atoms with Crippen molar-refractivity contribution in [3.63, 3.8) is 0 Å². The molecule has 1 aromatic rings. The molecule has 0 aliphatic rings. The maximum absolute atomic E-state index is 9.87. The van der Waals surface area contributed by atoms with Gasteiger partial charge in [-0.1, -0.05) is 39.8 Å². The Bertz CT molecular complexity index is 388. The van der Waals surface area contributed by atoms with Crippen LogP contribution >= 0.6 is 0 Å². The van der Waals surface area contributed by atoms with Crippen molar-refractivity contribution in [3.8, 4) is 5.75 Å². The highest BCUT2D eigenvalue weighted by Crippen LogP contribution is 2.27. The van der Waals surface area contributed by atoms with Crippen LogP contribution in [0.25, 0.3) is 0 Å². The van der Waals surface area contributed by atoms with E-state index in [1.807, 2.05) is 13.0 Å². The maximum atomic E-state index is 9.87. The number of aliphatic hydroxyl groups is 1. The molecular weight excluding hydrogens is 238 g/mol. The minimum absolute atomic E-state index is 0.322. The number of hydrogen-bond donors (Lipinski definition) is 2. The van der Waals surface area contributed by atoms with E-state index < -0.39 is 6.10 Å². The zero-order valence-corrected chi connectivity index (χ0v) is 12.7. The van der Waals surface area contributed by atoms with Gasteiger partial charge in [-0.2, -0.15) is 0 Å². The highest BCUT2D eigenvalue weighted by molar-refractivity contribution is 5.39. The Morgan fingerprint density at radius 2 is 1.89 bits per heavy atom. The van der Waals surface area contributed by atoms with Gasteiger partial charge in [-0.05, 0) is 30.0 Å². The van der Waals surface area contributed by atoms with Crippen LogP contribution in [0, 0.1) is 6.92 Å². The molecule has 0 saturated heterocycles. The fourth-order valence-electron chi connectivity index (χ4n) is 1.86. The molecule has 1 atom stereocenters. The average Bonchev–Trinajstić information content (AvgIpc) is 2.33. The number of hydrogen-bond acceptors (Lipinski definition) is 3. The molecule has 0 amide bonds. The predicted molar refractivity (Wildman–Crippen MR) is 79.9 cm³/mol. The fraction of sp³-hybridized carbons (Fsp3) is 0.625. The lowest BCUT2D eigenvalue weighted by Gasteiger charge is -2.18. The molecule has 0 fully saturated rings. The Morgan fingerprint density at radius 3 is 2.47 bits per heavy atom. The minimum Gasteiger partial charge on any atom is -0.491 e. The van der Waals surface area contributed by atoms with Crippen molar-refractivity contribution >= 4 is 0 Å². The first kappa shape index (κ1) is 16.0. The highest BCUT2D eigenvalue weighted by Gasteiger charge is 2.11. The Kier molecular flexibility index (Phi) is 6.32. The van der Waals surface area contributed by atoms with Crippen molar-refractivity contribution < 1.29 is 9.84 Å². The minimum atomic E-state index is -0.483. The van der Waals surface area contributed by atoms with E-state index in [2.05, 4.69) is 45.1 Å². The largest absolute Gasteiger partial charge is 0.491 e. The Morgan fingerprint density at radius 1 is 1.21 bits per heavy atom. The summed E-state index contributed by atoms with van der Waals surface area (Å²) in [7, 11) is 0. The van der Waals surface area contributed by atoms with Crippen LogP contribution in [0.5, 0.6) is 5.75 Å². The first-order valence-corrected chi connectivity index (χ1v) is 7.05. The molecule has 0 aromatic heterocycles. The summed E-state index contributed by atoms with van der Waals surface area (Å²) >= 11 is 0. The molecule has 0 unspecified atom stereocenters. The quantitative estimate of drug-likeness (QED) is 0.796. The molecule has 1 rings (SSSR count). The number of ether oxygens (including phenoxy) is 1. The molecule has 1 aromatic carbocycles. The summed E-state index contributed by atoms with van der Waals surface area (Å²) in [6.07, 6.45) is -0.483. The van der Waals surface area contributed by atoms with Crippen molar-refractivity contribution in [1.82, 2.24) is 5.32 Å². The van der Waals surface area contributed by atoms with E-state index in [-0.39, 0.29) is 0 Å². The number of aliphatic hydroxyl groups excluding tert-OH is 1. The number of benzene rings is 1. The lowest BCUT2D eigenvalue weighted by Crippen LogP contribution is -2.35. The average molecular weight is 265 g/mol. The van der Waals surface area contributed by atoms with E-state index in [0.717, 1.165) is 5.75 Å². The van der Waals surface area contributed by atoms with E-state index in [1.165, 1.54) is 11.1 Å². The molecule has 0 aliphatic heterocycles. The van der Waals surface area contributed by atoms with Crippen molar-refractivity contribution in [2.24, 2.45) is 0 Å². The molecule has 3 heteroatoms. The van der Waals surface area contributed by atoms with Gasteiger partial charge in [0.05, 0.1) is 0 Å². The monoisotopic (exact) mass is 265 g/mol. The van der Waals surface area contributed by atoms with Crippen LogP contribution in [0.15, 0.2) is 18.2 Å². The lowest BCUT2D eigenvalue weighted by molar-refractivity contribution is 0.104. The summed E-state index contributed by atoms with van der Waals surface area (Å²) in [6.45, 7) is 11.3. The molecule has 2 N–H and O–H groups in total. The first-order valence-electron chi connectivity index (χ1n) is 7.05. The van der Waals surface area contributed by atoms with Crippen LogP contribution in [0.1, 0.15) is 44.7 Å². The van der Waals surface area contributed by atoms with E-state index in [0.29, 0.717) is 25.1 Å². The van der Waals surface area contributed by atoms with E-state index in [4.69, 9.17) is 4.74 Å². The fourth-order valence-corrected chi connectivity index (χ4v) is 1.86. The Balaban J connectivity index is 2.59. The second-order valence-electron chi connectivity index (χ2n) is 5.72. The van der Waals surface area contributed by atoms with Gasteiger partial charge in [-0.25, -0.2) is 0 Å². The predicted octanol–water partition coefficient (Wildman–Crippen LogP) is 2.86. The summed E-state index contributed by atoms with van der Waals surface area (Å²) in [5.41, 5.74) is 2.36. The van der Waals surface area contributed by atoms with Crippen LogP contribution in [-0.2, 0) is 0 Å². The third kappa shape index (κ3) is 5.62. The third-order valence-corrected chi connectivity index (χ3v) is 2.98. The smallest absolute Gasteiger partial charge is 0.123 e. The molecule has 0 saturated carbocycles. The van der Waals surface area contributed by atoms with E-state index in [1.54, 1.807) is 0 Å². The van der Waals surface area contributed by atoms with E-state index in [9.17, 15) is 5.11 Å². The molecule has 0 spiro atoms. The maximum Gasteiger partial charge on any atom is 0.123 e. The van der Waals surface area contributed by atoms with Gasteiger partial charge in [0.1, 0.15) is 18.5 Å². The molecule has 0 radical (unpaired) electrons. The standard InChI is InChI=1S/C16H27NO2/c1-11(2)15-7-6-13(5)8-16(15)19-10-14(18)9-17-12(3)4/h6-8,11-12,14,17-18H,9-10H2,1-5H3/t14-/m0/s1. The Labute approximate surface area is 117 Å². The highest BCUT2D eigenvalue weighted by atomic mass is 16.5. The van der Waals surface area contributed by atoms with Gasteiger partial charge in [0.15, 0.2) is 0 Å². The van der Waals surface area contributed by atoms with Gasteiger partial charge < -0.3 is 15.2 Å². The summed E-state index contributed by atoms with van der Waals surface area (Å²) in [5.74, 6) is 1.31. The van der Waals surface area contributed by atoms with Gasteiger partial charge >= 0.3 is 0 Å². The zero-order chi connectivity index (χ0) is 14.4. The van der Waals surface area contributed by atoms with Crippen LogP contribution in [0.3, 0.4) is 0 Å². The first-order chi connectivity index (χ1) is 8.90. The summed E-state index contributed by atoms with van der Waals surface area (Å²) in [6, 6.07) is 6.62. The van der Waals surface area contributed by atoms with Gasteiger partial charge in [-0.3, -0.25) is 0 Å². The van der Waals surface area contributed by atoms with Gasteiger partial charge in [0.2, 0.25) is 0 Å². The number of aryl methyl sites for hydroxylation is 1. The van der Waals surface area contributed by atoms with Crippen LogP contribution < -0.4 is 10.1 Å². The normalized spacial score (nSPS) is 13.1. The van der Waals surface area contributed by atoms with Gasteiger partial charge in [0, 0.05) is 12.6 Å². The van der Waals surface area contributed by atoms with Gasteiger partial charge in [0.25, 0.3) is 0 Å². The summed E-state index contributed by atoms with van der Waals surface area (Å²) in [5, 5.41) is 13.1. The molecule has 108 valence electrons. The van der Waals surface area contributed by atoms with Crippen molar-refractivity contribution in [2.45, 2.75) is 52.7 Å². The van der Waals surface area contributed by atoms with Crippen molar-refractivity contribution in [2.75, 3.05) is 13.2 Å². The SMILES string of the molecule is Cc1ccc(C(C)C)c(OC[C@@H](O)CNC(C)C)c1. The van der Waals surface area contributed by atoms with Crippen molar-refractivity contribution in [3.05, 3.63) is 29.3 Å².